The van der Waals surface area contributed by atoms with Crippen LogP contribution >= 0.6 is 0 Å². The molecule has 0 bridgehead atoms. The van der Waals surface area contributed by atoms with E-state index in [4.69, 9.17) is 15.2 Å². The summed E-state index contributed by atoms with van der Waals surface area (Å²) in [6.45, 7) is 0. The van der Waals surface area contributed by atoms with E-state index in [-0.39, 0.29) is 0 Å². The van der Waals surface area contributed by atoms with Crippen LogP contribution in [0.2, 0.25) is 0 Å². The Morgan fingerprint density at radius 2 is 1.70 bits per heavy atom. The number of methoxy groups -OCH3 is 2. The van der Waals surface area contributed by atoms with Gasteiger partial charge in [0, 0.05) is 11.6 Å². The van der Waals surface area contributed by atoms with Crippen molar-refractivity contribution in [2.45, 2.75) is 12.1 Å². The number of aliphatic hydroxyl groups excluding tert-OH is 1. The zero-order valence-corrected chi connectivity index (χ0v) is 11.6. The van der Waals surface area contributed by atoms with E-state index in [0.717, 1.165) is 5.56 Å². The molecule has 2 unspecified atom stereocenters. The minimum Gasteiger partial charge on any atom is -0.497 e. The number of ether oxygens (including phenoxy) is 2. The maximum absolute atomic E-state index is 10.5. The summed E-state index contributed by atoms with van der Waals surface area (Å²) in [6, 6.07) is 14.3. The minimum absolute atomic E-state index is 0.515. The van der Waals surface area contributed by atoms with E-state index in [0.29, 0.717) is 17.1 Å². The van der Waals surface area contributed by atoms with E-state index >= 15 is 0 Å². The van der Waals surface area contributed by atoms with E-state index in [1.54, 1.807) is 32.4 Å². The van der Waals surface area contributed by atoms with E-state index in [9.17, 15) is 5.11 Å². The fraction of sp³-hybridized carbons (Fsp3) is 0.250. The molecule has 20 heavy (non-hydrogen) atoms. The minimum atomic E-state index is -0.849. The first-order chi connectivity index (χ1) is 9.67. The van der Waals surface area contributed by atoms with E-state index in [2.05, 4.69) is 0 Å². The smallest absolute Gasteiger partial charge is 0.128 e. The number of nitrogens with two attached hydrogens (primary N) is 1. The standard InChI is InChI=1S/C16H19NO3/c1-19-12-8-9-13(14(10-12)20-2)16(18)15(17)11-6-4-3-5-7-11/h3-10,15-16,18H,17H2,1-2H3. The highest BCUT2D eigenvalue weighted by atomic mass is 16.5. The van der Waals surface area contributed by atoms with Gasteiger partial charge < -0.3 is 20.3 Å². The van der Waals surface area contributed by atoms with Crippen molar-refractivity contribution in [3.05, 3.63) is 59.7 Å². The Kier molecular flexibility index (Phi) is 4.61. The highest BCUT2D eigenvalue weighted by Gasteiger charge is 2.22. The summed E-state index contributed by atoms with van der Waals surface area (Å²) in [6.07, 6.45) is -0.849. The first kappa shape index (κ1) is 14.4. The molecule has 0 saturated carbocycles. The van der Waals surface area contributed by atoms with Crippen molar-refractivity contribution >= 4 is 0 Å². The van der Waals surface area contributed by atoms with Crippen LogP contribution in [0.5, 0.6) is 11.5 Å². The molecule has 0 aliphatic carbocycles. The van der Waals surface area contributed by atoms with Gasteiger partial charge in [-0.05, 0) is 17.7 Å². The molecule has 2 atom stereocenters. The maximum Gasteiger partial charge on any atom is 0.128 e. The SMILES string of the molecule is COc1ccc(C(O)C(N)c2ccccc2)c(OC)c1. The summed E-state index contributed by atoms with van der Waals surface area (Å²) in [4.78, 5) is 0. The van der Waals surface area contributed by atoms with Crippen molar-refractivity contribution in [2.24, 2.45) is 5.73 Å². The number of hydrogen-bond donors (Lipinski definition) is 2. The van der Waals surface area contributed by atoms with Gasteiger partial charge in [-0.3, -0.25) is 0 Å². The molecule has 106 valence electrons. The highest BCUT2D eigenvalue weighted by molar-refractivity contribution is 5.43. The molecule has 4 nitrogen and oxygen atoms in total. The van der Waals surface area contributed by atoms with Gasteiger partial charge in [0.05, 0.1) is 20.3 Å². The maximum atomic E-state index is 10.5. The van der Waals surface area contributed by atoms with Crippen molar-refractivity contribution in [3.63, 3.8) is 0 Å². The lowest BCUT2D eigenvalue weighted by molar-refractivity contribution is 0.143. The summed E-state index contributed by atoms with van der Waals surface area (Å²) >= 11 is 0. The van der Waals surface area contributed by atoms with Gasteiger partial charge in [0.2, 0.25) is 0 Å². The summed E-state index contributed by atoms with van der Waals surface area (Å²) < 4.78 is 10.4. The van der Waals surface area contributed by atoms with Gasteiger partial charge in [0.15, 0.2) is 0 Å². The van der Waals surface area contributed by atoms with Crippen LogP contribution in [0, 0.1) is 0 Å². The van der Waals surface area contributed by atoms with Gasteiger partial charge in [-0.2, -0.15) is 0 Å². The quantitative estimate of drug-likeness (QED) is 0.878. The van der Waals surface area contributed by atoms with Crippen LogP contribution in [0.15, 0.2) is 48.5 Å². The molecule has 3 N–H and O–H groups in total. The second-order valence-electron chi connectivity index (χ2n) is 4.49. The van der Waals surface area contributed by atoms with E-state index < -0.39 is 12.1 Å². The van der Waals surface area contributed by atoms with Gasteiger partial charge in [-0.15, -0.1) is 0 Å². The van der Waals surface area contributed by atoms with Crippen LogP contribution in [0.3, 0.4) is 0 Å². The molecule has 2 aromatic rings. The fourth-order valence-corrected chi connectivity index (χ4v) is 2.11. The van der Waals surface area contributed by atoms with Crippen LogP contribution < -0.4 is 15.2 Å². The molecule has 0 fully saturated rings. The van der Waals surface area contributed by atoms with Gasteiger partial charge in [0.1, 0.15) is 17.6 Å². The third-order valence-electron chi connectivity index (χ3n) is 3.28. The molecule has 2 aromatic carbocycles. The van der Waals surface area contributed by atoms with Crippen molar-refractivity contribution in [3.8, 4) is 11.5 Å². The lowest BCUT2D eigenvalue weighted by Gasteiger charge is -2.21. The molecule has 0 aromatic heterocycles. The van der Waals surface area contributed by atoms with Gasteiger partial charge in [-0.1, -0.05) is 30.3 Å². The predicted octanol–water partition coefficient (Wildman–Crippen LogP) is 2.44. The van der Waals surface area contributed by atoms with Crippen molar-refractivity contribution in [2.75, 3.05) is 14.2 Å². The first-order valence-electron chi connectivity index (χ1n) is 6.38. The van der Waals surface area contributed by atoms with Crippen molar-refractivity contribution < 1.29 is 14.6 Å². The normalized spacial score (nSPS) is 13.6. The predicted molar refractivity (Wildman–Crippen MR) is 77.9 cm³/mol. The summed E-state index contributed by atoms with van der Waals surface area (Å²) in [7, 11) is 3.14. The molecular weight excluding hydrogens is 254 g/mol. The third kappa shape index (κ3) is 2.92. The summed E-state index contributed by atoms with van der Waals surface area (Å²) in [5.74, 6) is 1.23. The van der Waals surface area contributed by atoms with Crippen LogP contribution in [-0.4, -0.2) is 19.3 Å². The Hall–Kier alpha value is -2.04. The lowest BCUT2D eigenvalue weighted by Crippen LogP contribution is -2.20. The van der Waals surface area contributed by atoms with E-state index in [1.807, 2.05) is 30.3 Å². The number of rotatable bonds is 5. The third-order valence-corrected chi connectivity index (χ3v) is 3.28. The topological polar surface area (TPSA) is 64.7 Å². The Balaban J connectivity index is 2.31. The monoisotopic (exact) mass is 273 g/mol. The van der Waals surface area contributed by atoms with Gasteiger partial charge in [-0.25, -0.2) is 0 Å². The van der Waals surface area contributed by atoms with Crippen molar-refractivity contribution in [1.29, 1.82) is 0 Å². The molecule has 2 rings (SSSR count). The highest BCUT2D eigenvalue weighted by Crippen LogP contribution is 2.34. The fourth-order valence-electron chi connectivity index (χ4n) is 2.11. The Bertz CT molecular complexity index is 557. The number of aliphatic hydroxyl groups is 1. The van der Waals surface area contributed by atoms with Crippen molar-refractivity contribution in [1.82, 2.24) is 0 Å². The molecule has 0 heterocycles. The zero-order chi connectivity index (χ0) is 14.5. The average Bonchev–Trinajstić information content (AvgIpc) is 2.53. The number of hydrogen-bond acceptors (Lipinski definition) is 4. The molecule has 0 amide bonds. The van der Waals surface area contributed by atoms with Crippen LogP contribution in [0.1, 0.15) is 23.3 Å². The lowest BCUT2D eigenvalue weighted by atomic mass is 9.96. The van der Waals surface area contributed by atoms with E-state index in [1.165, 1.54) is 0 Å². The summed E-state index contributed by atoms with van der Waals surface area (Å²) in [5.41, 5.74) is 7.64. The molecule has 0 saturated heterocycles. The molecular formula is C16H19NO3. The van der Waals surface area contributed by atoms with Gasteiger partial charge in [0.25, 0.3) is 0 Å². The molecule has 4 heteroatoms. The zero-order valence-electron chi connectivity index (χ0n) is 11.6. The molecule has 0 aliphatic heterocycles. The Morgan fingerprint density at radius 1 is 1.00 bits per heavy atom. The number of benzene rings is 2. The second-order valence-corrected chi connectivity index (χ2v) is 4.49. The van der Waals surface area contributed by atoms with Gasteiger partial charge >= 0.3 is 0 Å². The Labute approximate surface area is 118 Å². The van der Waals surface area contributed by atoms with Crippen LogP contribution in [-0.2, 0) is 0 Å². The summed E-state index contributed by atoms with van der Waals surface area (Å²) in [5, 5.41) is 10.5. The molecule has 0 radical (unpaired) electrons. The van der Waals surface area contributed by atoms with Crippen LogP contribution in [0.4, 0.5) is 0 Å². The molecule has 0 spiro atoms. The first-order valence-corrected chi connectivity index (χ1v) is 6.38. The van der Waals surface area contributed by atoms with Crippen LogP contribution in [0.25, 0.3) is 0 Å². The molecule has 0 aliphatic rings. The largest absolute Gasteiger partial charge is 0.497 e. The Morgan fingerprint density at radius 3 is 2.30 bits per heavy atom. The average molecular weight is 273 g/mol. The second kappa shape index (κ2) is 6.41.